The average molecular weight is 568 g/mol. The lowest BCUT2D eigenvalue weighted by Crippen LogP contribution is -2.28. The second-order valence-electron chi connectivity index (χ2n) is 6.40. The fourth-order valence-corrected chi connectivity index (χ4v) is 3.88. The lowest BCUT2D eigenvalue weighted by atomic mass is 9.97. The van der Waals surface area contributed by atoms with E-state index in [4.69, 9.17) is 34.8 Å². The van der Waals surface area contributed by atoms with Crippen molar-refractivity contribution < 1.29 is 22.8 Å². The Kier molecular flexibility index (Phi) is 9.23. The van der Waals surface area contributed by atoms with Crippen LogP contribution in [0.4, 0.5) is 13.2 Å². The van der Waals surface area contributed by atoms with E-state index in [2.05, 4.69) is 33.1 Å². The van der Waals surface area contributed by atoms with Gasteiger partial charge in [0.1, 0.15) is 0 Å². The molecule has 2 aromatic rings. The molecule has 0 bridgehead atoms. The van der Waals surface area contributed by atoms with Crippen LogP contribution >= 0.6 is 50.7 Å². The van der Waals surface area contributed by atoms with Gasteiger partial charge in [0, 0.05) is 10.0 Å². The summed E-state index contributed by atoms with van der Waals surface area (Å²) in [7, 11) is 0. The number of Topliss-reactive ketones (excluding diaryl/α,β-unsaturated/α-hetero) is 1. The number of hydrogen-bond donors (Lipinski definition) is 1. The maximum atomic E-state index is 13.7. The lowest BCUT2D eigenvalue weighted by Gasteiger charge is -2.18. The molecule has 0 spiro atoms. The third-order valence-electron chi connectivity index (χ3n) is 4.14. The molecular formula is C22H14BrCl3F3NO2. The lowest BCUT2D eigenvalue weighted by molar-refractivity contribution is -0.139. The first-order valence-electron chi connectivity index (χ1n) is 8.86. The number of benzene rings is 2. The standard InChI is InChI=1S/C22H14BrCl3F3NO2/c1-2-3-20(32)30-11-19(31)14-6-4-12(8-16(14)23)5-7-15(22(27,28)29)13-9-17(24)21(26)18(25)10-13/h4-10,15H,11H2,1H3,(H,30,32)/b7-5+. The van der Waals surface area contributed by atoms with Crippen LogP contribution in [0, 0.1) is 11.8 Å². The molecule has 0 saturated heterocycles. The van der Waals surface area contributed by atoms with Gasteiger partial charge in [0.05, 0.1) is 27.5 Å². The Morgan fingerprint density at radius 3 is 2.31 bits per heavy atom. The smallest absolute Gasteiger partial charge is 0.338 e. The molecule has 1 amide bonds. The van der Waals surface area contributed by atoms with Crippen molar-refractivity contribution in [1.29, 1.82) is 0 Å². The van der Waals surface area contributed by atoms with Crippen molar-refractivity contribution in [2.45, 2.75) is 19.0 Å². The van der Waals surface area contributed by atoms with E-state index in [1.807, 2.05) is 0 Å². The predicted molar refractivity (Wildman–Crippen MR) is 124 cm³/mol. The van der Waals surface area contributed by atoms with Gasteiger partial charge in [-0.1, -0.05) is 74.9 Å². The molecule has 2 aromatic carbocycles. The van der Waals surface area contributed by atoms with E-state index in [0.29, 0.717) is 10.0 Å². The van der Waals surface area contributed by atoms with Gasteiger partial charge in [-0.3, -0.25) is 9.59 Å². The molecule has 1 atom stereocenters. The monoisotopic (exact) mass is 565 g/mol. The molecule has 1 unspecified atom stereocenters. The van der Waals surface area contributed by atoms with E-state index in [9.17, 15) is 22.8 Å². The summed E-state index contributed by atoms with van der Waals surface area (Å²) in [6.45, 7) is 1.22. The number of rotatable bonds is 6. The van der Waals surface area contributed by atoms with Crippen molar-refractivity contribution in [3.63, 3.8) is 0 Å². The zero-order valence-electron chi connectivity index (χ0n) is 16.3. The van der Waals surface area contributed by atoms with Gasteiger partial charge in [0.2, 0.25) is 0 Å². The van der Waals surface area contributed by atoms with E-state index in [1.165, 1.54) is 31.2 Å². The molecule has 10 heteroatoms. The summed E-state index contributed by atoms with van der Waals surface area (Å²) >= 11 is 20.8. The Balaban J connectivity index is 2.26. The third kappa shape index (κ3) is 7.01. The summed E-state index contributed by atoms with van der Waals surface area (Å²) in [5.41, 5.74) is 0.509. The van der Waals surface area contributed by atoms with Crippen molar-refractivity contribution >= 4 is 68.5 Å². The predicted octanol–water partition coefficient (Wildman–Crippen LogP) is 7.09. The van der Waals surface area contributed by atoms with Crippen LogP contribution in [0.3, 0.4) is 0 Å². The molecule has 0 saturated carbocycles. The molecular weight excluding hydrogens is 554 g/mol. The Hall–Kier alpha value is -1.98. The molecule has 1 N–H and O–H groups in total. The van der Waals surface area contributed by atoms with Gasteiger partial charge in [0.15, 0.2) is 5.78 Å². The fraction of sp³-hybridized carbons (Fsp3) is 0.182. The van der Waals surface area contributed by atoms with Gasteiger partial charge >= 0.3 is 6.18 Å². The van der Waals surface area contributed by atoms with Crippen molar-refractivity contribution in [1.82, 2.24) is 5.32 Å². The SMILES string of the molecule is CC#CC(=O)NCC(=O)c1ccc(/C=C/C(c2cc(Cl)c(Cl)c(Cl)c2)C(F)(F)F)cc1Br. The van der Waals surface area contributed by atoms with Gasteiger partial charge in [-0.05, 0) is 48.2 Å². The second-order valence-corrected chi connectivity index (χ2v) is 8.44. The highest BCUT2D eigenvalue weighted by molar-refractivity contribution is 9.10. The topological polar surface area (TPSA) is 46.2 Å². The zero-order valence-corrected chi connectivity index (χ0v) is 20.1. The van der Waals surface area contributed by atoms with E-state index >= 15 is 0 Å². The summed E-state index contributed by atoms with van der Waals surface area (Å²) in [6.07, 6.45) is -2.38. The van der Waals surface area contributed by atoms with E-state index in [1.54, 1.807) is 0 Å². The fourth-order valence-electron chi connectivity index (χ4n) is 2.65. The minimum atomic E-state index is -4.61. The largest absolute Gasteiger partial charge is 0.399 e. The van der Waals surface area contributed by atoms with Crippen LogP contribution in [0.2, 0.25) is 15.1 Å². The highest BCUT2D eigenvalue weighted by Crippen LogP contribution is 2.41. The molecule has 32 heavy (non-hydrogen) atoms. The van der Waals surface area contributed by atoms with E-state index in [-0.39, 0.29) is 32.7 Å². The Bertz CT molecular complexity index is 1110. The first-order chi connectivity index (χ1) is 14.9. The Morgan fingerprint density at radius 2 is 1.78 bits per heavy atom. The number of hydrogen-bond acceptors (Lipinski definition) is 2. The van der Waals surface area contributed by atoms with Crippen LogP contribution in [-0.4, -0.2) is 24.4 Å². The molecule has 0 aliphatic heterocycles. The molecule has 2 rings (SSSR count). The molecule has 168 valence electrons. The summed E-state index contributed by atoms with van der Waals surface area (Å²) in [5, 5.41) is 2.17. The minimum Gasteiger partial charge on any atom is -0.338 e. The van der Waals surface area contributed by atoms with Crippen LogP contribution in [0.5, 0.6) is 0 Å². The first kappa shape index (κ1) is 26.3. The van der Waals surface area contributed by atoms with Gasteiger partial charge in [-0.2, -0.15) is 13.2 Å². The molecule has 0 aromatic heterocycles. The highest BCUT2D eigenvalue weighted by atomic mass is 79.9. The Labute approximate surface area is 206 Å². The van der Waals surface area contributed by atoms with Crippen LogP contribution in [0.25, 0.3) is 6.08 Å². The second kappa shape index (κ2) is 11.2. The Morgan fingerprint density at radius 1 is 1.16 bits per heavy atom. The molecule has 0 aliphatic carbocycles. The maximum absolute atomic E-state index is 13.7. The quantitative estimate of drug-likeness (QED) is 0.230. The maximum Gasteiger partial charge on any atom is 0.399 e. The molecule has 0 heterocycles. The van der Waals surface area contributed by atoms with Crippen LogP contribution in [0.15, 0.2) is 40.9 Å². The third-order valence-corrected chi connectivity index (χ3v) is 5.99. The first-order valence-corrected chi connectivity index (χ1v) is 10.8. The highest BCUT2D eigenvalue weighted by Gasteiger charge is 2.39. The zero-order chi connectivity index (χ0) is 24.1. The summed E-state index contributed by atoms with van der Waals surface area (Å²) in [4.78, 5) is 23.6. The van der Waals surface area contributed by atoms with Crippen molar-refractivity contribution in [2.75, 3.05) is 6.54 Å². The van der Waals surface area contributed by atoms with Crippen LogP contribution in [0.1, 0.15) is 34.3 Å². The van der Waals surface area contributed by atoms with Crippen molar-refractivity contribution in [3.05, 3.63) is 72.6 Å². The molecule has 0 radical (unpaired) electrons. The number of nitrogens with one attached hydrogen (secondary N) is 1. The van der Waals surface area contributed by atoms with Gasteiger partial charge < -0.3 is 5.32 Å². The number of ketones is 1. The normalized spacial score (nSPS) is 12.2. The summed E-state index contributed by atoms with van der Waals surface area (Å²) in [5.74, 6) is 1.70. The molecule has 3 nitrogen and oxygen atoms in total. The van der Waals surface area contributed by atoms with Crippen LogP contribution in [-0.2, 0) is 4.79 Å². The summed E-state index contributed by atoms with van der Waals surface area (Å²) in [6, 6.07) is 6.66. The van der Waals surface area contributed by atoms with E-state index in [0.717, 1.165) is 18.2 Å². The van der Waals surface area contributed by atoms with Gasteiger partial charge in [-0.25, -0.2) is 0 Å². The van der Waals surface area contributed by atoms with Gasteiger partial charge in [0.25, 0.3) is 5.91 Å². The van der Waals surface area contributed by atoms with Crippen LogP contribution < -0.4 is 5.32 Å². The van der Waals surface area contributed by atoms with Crippen molar-refractivity contribution in [3.8, 4) is 11.8 Å². The molecule has 0 aliphatic rings. The summed E-state index contributed by atoms with van der Waals surface area (Å²) < 4.78 is 41.3. The molecule has 0 fully saturated rings. The number of amides is 1. The number of carbonyl (C=O) groups excluding carboxylic acids is 2. The number of carbonyl (C=O) groups is 2. The number of alkyl halides is 3. The minimum absolute atomic E-state index is 0.0240. The van der Waals surface area contributed by atoms with E-state index < -0.39 is 23.8 Å². The van der Waals surface area contributed by atoms with Gasteiger partial charge in [-0.15, -0.1) is 0 Å². The number of allylic oxidation sites excluding steroid dienone is 1. The number of halogens is 7. The van der Waals surface area contributed by atoms with Crippen molar-refractivity contribution in [2.24, 2.45) is 0 Å². The average Bonchev–Trinajstić information content (AvgIpc) is 2.69.